The highest BCUT2D eigenvalue weighted by Gasteiger charge is 2.30. The second kappa shape index (κ2) is 8.29. The van der Waals surface area contributed by atoms with Crippen LogP contribution >= 0.6 is 0 Å². The molecule has 0 spiro atoms. The van der Waals surface area contributed by atoms with Crippen molar-refractivity contribution < 1.29 is 22.6 Å². The first-order valence-electron chi connectivity index (χ1n) is 10.4. The number of nitriles is 1. The summed E-state index contributed by atoms with van der Waals surface area (Å²) in [5, 5.41) is 17.7. The molecule has 174 valence electrons. The number of nitrogens with zero attached hydrogens (tertiary/aromatic N) is 6. The Hall–Kier alpha value is -3.21. The molecule has 0 unspecified atom stereocenters. The summed E-state index contributed by atoms with van der Waals surface area (Å²) in [5.41, 5.74) is 1.54. The van der Waals surface area contributed by atoms with Gasteiger partial charge < -0.3 is 24.1 Å². The lowest BCUT2D eigenvalue weighted by molar-refractivity contribution is -0.0812. The van der Waals surface area contributed by atoms with E-state index < -0.39 is 9.84 Å². The molecule has 2 fully saturated rings. The highest BCUT2D eigenvalue weighted by Crippen LogP contribution is 2.32. The number of hydrogen-bond acceptors (Lipinski definition) is 10. The summed E-state index contributed by atoms with van der Waals surface area (Å²) in [6.45, 7) is 4.08. The lowest BCUT2D eigenvalue weighted by atomic mass is 10.1. The van der Waals surface area contributed by atoms with E-state index in [2.05, 4.69) is 33.4 Å². The van der Waals surface area contributed by atoms with Gasteiger partial charge in [-0.25, -0.2) is 13.4 Å². The minimum Gasteiger partial charge on any atom is -0.467 e. The molecule has 0 bridgehead atoms. The van der Waals surface area contributed by atoms with Crippen molar-refractivity contribution >= 4 is 32.5 Å². The zero-order chi connectivity index (χ0) is 23.2. The minimum absolute atomic E-state index is 0.00470. The zero-order valence-electron chi connectivity index (χ0n) is 18.1. The van der Waals surface area contributed by atoms with Crippen molar-refractivity contribution in [1.29, 1.82) is 5.26 Å². The zero-order valence-corrected chi connectivity index (χ0v) is 18.9. The summed E-state index contributed by atoms with van der Waals surface area (Å²) >= 11 is 0. The molecule has 5 heterocycles. The van der Waals surface area contributed by atoms with Gasteiger partial charge >= 0.3 is 0 Å². The molecule has 2 atom stereocenters. The van der Waals surface area contributed by atoms with Gasteiger partial charge in [-0.2, -0.15) is 10.2 Å². The van der Waals surface area contributed by atoms with Gasteiger partial charge in [0.15, 0.2) is 9.84 Å². The van der Waals surface area contributed by atoms with E-state index in [1.54, 1.807) is 12.3 Å². The van der Waals surface area contributed by atoms with Crippen LogP contribution in [0.1, 0.15) is 18.7 Å². The molecule has 0 saturated carbocycles. The maximum Gasteiger partial charge on any atom is 0.257 e. The Kier molecular flexibility index (Phi) is 5.43. The number of rotatable bonds is 7. The van der Waals surface area contributed by atoms with Gasteiger partial charge in [-0.05, 0) is 6.07 Å². The van der Waals surface area contributed by atoms with Crippen molar-refractivity contribution in [3.63, 3.8) is 0 Å². The number of sulfone groups is 1. The first kappa shape index (κ1) is 21.6. The van der Waals surface area contributed by atoms with Crippen LogP contribution in [0.15, 0.2) is 18.5 Å². The van der Waals surface area contributed by atoms with Crippen molar-refractivity contribution in [1.82, 2.24) is 24.3 Å². The van der Waals surface area contributed by atoms with Crippen LogP contribution in [-0.4, -0.2) is 71.5 Å². The molecule has 0 amide bonds. The standard InChI is InChI=1S/C20H23N7O5S/c1-12-7-30-10-17(12)27-14(4-21)3-13-5-22-20(24-18(13)27)23-16-6-26(11-33(2,28)29)25-19(16)32-15-8-31-9-15/h3,5-6,12,15,17H,7-11H2,1-2H3,(H,22,23,24)/t12-,17-/m0/s1. The van der Waals surface area contributed by atoms with Gasteiger partial charge in [0.1, 0.15) is 35.1 Å². The topological polar surface area (TPSA) is 146 Å². The van der Waals surface area contributed by atoms with E-state index in [0.717, 1.165) is 11.6 Å². The van der Waals surface area contributed by atoms with Crippen molar-refractivity contribution in [2.24, 2.45) is 5.92 Å². The minimum atomic E-state index is -3.31. The second-order valence-corrected chi connectivity index (χ2v) is 10.5. The monoisotopic (exact) mass is 473 g/mol. The van der Waals surface area contributed by atoms with Gasteiger partial charge in [-0.3, -0.25) is 4.68 Å². The maximum atomic E-state index is 11.7. The molecule has 12 nitrogen and oxygen atoms in total. The molecule has 3 aromatic heterocycles. The molecule has 2 aliphatic heterocycles. The average molecular weight is 474 g/mol. The van der Waals surface area contributed by atoms with Crippen LogP contribution in [0.2, 0.25) is 0 Å². The fourth-order valence-corrected chi connectivity index (χ4v) is 4.53. The molecule has 2 saturated heterocycles. The summed E-state index contributed by atoms with van der Waals surface area (Å²) in [6, 6.07) is 4.00. The lowest BCUT2D eigenvalue weighted by Crippen LogP contribution is -2.38. The maximum absolute atomic E-state index is 11.7. The van der Waals surface area contributed by atoms with E-state index >= 15 is 0 Å². The van der Waals surface area contributed by atoms with Crippen molar-refractivity contribution in [3.05, 3.63) is 24.2 Å². The van der Waals surface area contributed by atoms with Gasteiger partial charge in [-0.15, -0.1) is 5.10 Å². The van der Waals surface area contributed by atoms with E-state index in [4.69, 9.17) is 14.2 Å². The molecule has 0 aromatic carbocycles. The Morgan fingerprint density at radius 3 is 2.73 bits per heavy atom. The lowest BCUT2D eigenvalue weighted by Gasteiger charge is -2.25. The summed E-state index contributed by atoms with van der Waals surface area (Å²) in [4.78, 5) is 9.02. The van der Waals surface area contributed by atoms with Crippen molar-refractivity contribution in [2.45, 2.75) is 24.9 Å². The third kappa shape index (κ3) is 4.37. The molecule has 0 aliphatic carbocycles. The Morgan fingerprint density at radius 2 is 2.09 bits per heavy atom. The number of anilines is 2. The Labute approximate surface area is 190 Å². The summed E-state index contributed by atoms with van der Waals surface area (Å²) in [5.74, 6) is 0.450. The van der Waals surface area contributed by atoms with Crippen LogP contribution in [0.4, 0.5) is 11.6 Å². The number of fused-ring (bicyclic) bond motifs is 1. The number of aromatic nitrogens is 5. The van der Waals surface area contributed by atoms with Crippen LogP contribution in [0.3, 0.4) is 0 Å². The highest BCUT2D eigenvalue weighted by atomic mass is 32.2. The largest absolute Gasteiger partial charge is 0.467 e. The molecule has 5 rings (SSSR count). The van der Waals surface area contributed by atoms with E-state index in [0.29, 0.717) is 43.5 Å². The molecule has 2 aliphatic rings. The fourth-order valence-electron chi connectivity index (χ4n) is 3.91. The predicted octanol–water partition coefficient (Wildman–Crippen LogP) is 1.23. The molecule has 1 N–H and O–H groups in total. The summed E-state index contributed by atoms with van der Waals surface area (Å²) in [6.07, 6.45) is 4.16. The van der Waals surface area contributed by atoms with E-state index in [1.807, 2.05) is 4.57 Å². The van der Waals surface area contributed by atoms with Gasteiger partial charge in [0, 0.05) is 23.8 Å². The van der Waals surface area contributed by atoms with Crippen LogP contribution in [0.25, 0.3) is 11.0 Å². The van der Waals surface area contributed by atoms with E-state index in [1.165, 1.54) is 10.9 Å². The summed E-state index contributed by atoms with van der Waals surface area (Å²) in [7, 11) is -3.31. The van der Waals surface area contributed by atoms with Crippen molar-refractivity contribution in [2.75, 3.05) is 38.0 Å². The fraction of sp³-hybridized carbons (Fsp3) is 0.500. The smallest absolute Gasteiger partial charge is 0.257 e. The normalized spacial score (nSPS) is 21.1. The van der Waals surface area contributed by atoms with Crippen molar-refractivity contribution in [3.8, 4) is 11.9 Å². The number of hydrogen-bond donors (Lipinski definition) is 1. The molecular formula is C20H23N7O5S. The summed E-state index contributed by atoms with van der Waals surface area (Å²) < 4.78 is 43.2. The molecule has 33 heavy (non-hydrogen) atoms. The van der Waals surface area contributed by atoms with Gasteiger partial charge in [-0.1, -0.05) is 6.92 Å². The number of ether oxygens (including phenoxy) is 3. The third-order valence-electron chi connectivity index (χ3n) is 5.58. The van der Waals surface area contributed by atoms with Gasteiger partial charge in [0.2, 0.25) is 5.95 Å². The first-order chi connectivity index (χ1) is 15.8. The molecule has 13 heteroatoms. The quantitative estimate of drug-likeness (QED) is 0.531. The van der Waals surface area contributed by atoms with Gasteiger partial charge in [0.05, 0.1) is 38.7 Å². The van der Waals surface area contributed by atoms with Gasteiger partial charge in [0.25, 0.3) is 5.88 Å². The Morgan fingerprint density at radius 1 is 1.30 bits per heavy atom. The number of nitrogens with one attached hydrogen (secondary N) is 1. The van der Waals surface area contributed by atoms with E-state index in [-0.39, 0.29) is 35.8 Å². The SMILES string of the molecule is C[C@H]1COC[C@@H]1n1c(C#N)cc2cnc(Nc3cn(CS(C)(=O)=O)nc3OC3COC3)nc21. The van der Waals surface area contributed by atoms with Crippen LogP contribution in [0, 0.1) is 17.2 Å². The second-order valence-electron chi connectivity index (χ2n) is 8.41. The van der Waals surface area contributed by atoms with Crippen LogP contribution in [-0.2, 0) is 25.2 Å². The third-order valence-corrected chi connectivity index (χ3v) is 6.31. The Balaban J connectivity index is 1.50. The predicted molar refractivity (Wildman–Crippen MR) is 117 cm³/mol. The van der Waals surface area contributed by atoms with Crippen LogP contribution in [0.5, 0.6) is 5.88 Å². The van der Waals surface area contributed by atoms with E-state index in [9.17, 15) is 13.7 Å². The average Bonchev–Trinajstić information content (AvgIpc) is 3.40. The van der Waals surface area contributed by atoms with Crippen LogP contribution < -0.4 is 10.1 Å². The Bertz CT molecular complexity index is 1340. The molecule has 3 aromatic rings. The molecular weight excluding hydrogens is 450 g/mol. The highest BCUT2D eigenvalue weighted by molar-refractivity contribution is 7.89. The molecule has 0 radical (unpaired) electrons. The first-order valence-corrected chi connectivity index (χ1v) is 12.5.